The maximum absolute atomic E-state index is 12.6. The molecule has 4 rings (SSSR count). The van der Waals surface area contributed by atoms with Crippen molar-refractivity contribution in [1.29, 1.82) is 0 Å². The zero-order valence-electron chi connectivity index (χ0n) is 15.8. The van der Waals surface area contributed by atoms with E-state index < -0.39 is 0 Å². The molecule has 3 aromatic rings. The summed E-state index contributed by atoms with van der Waals surface area (Å²) in [5, 5.41) is 3.03. The lowest BCUT2D eigenvalue weighted by Crippen LogP contribution is -2.46. The van der Waals surface area contributed by atoms with Crippen LogP contribution >= 0.6 is 0 Å². The molecule has 6 nitrogen and oxygen atoms in total. The first-order valence-corrected chi connectivity index (χ1v) is 9.49. The molecule has 1 fully saturated rings. The Bertz CT molecular complexity index is 1010. The second-order valence-corrected chi connectivity index (χ2v) is 7.15. The summed E-state index contributed by atoms with van der Waals surface area (Å²) in [6.07, 6.45) is 2.96. The first-order chi connectivity index (χ1) is 13.6. The SMILES string of the molecule is Cc1ccc(C(=O)N2CCC(NC(=O)c3cnc4ccccc4n3)CC2)cc1. The molecule has 2 aromatic carbocycles. The third kappa shape index (κ3) is 3.86. The van der Waals surface area contributed by atoms with Gasteiger partial charge in [-0.2, -0.15) is 0 Å². The first kappa shape index (κ1) is 18.1. The minimum absolute atomic E-state index is 0.0304. The van der Waals surface area contributed by atoms with Gasteiger partial charge in [0.15, 0.2) is 0 Å². The molecule has 0 atom stereocenters. The standard InChI is InChI=1S/C22H22N4O2/c1-15-6-8-16(9-7-15)22(28)26-12-10-17(11-13-26)24-21(27)20-14-23-18-4-2-3-5-19(18)25-20/h2-9,14,17H,10-13H2,1H3,(H,24,27). The van der Waals surface area contributed by atoms with Gasteiger partial charge in [-0.05, 0) is 44.0 Å². The lowest BCUT2D eigenvalue weighted by atomic mass is 10.0. The molecular formula is C22H22N4O2. The molecule has 2 heterocycles. The minimum atomic E-state index is -0.221. The van der Waals surface area contributed by atoms with Crippen LogP contribution in [0.25, 0.3) is 11.0 Å². The van der Waals surface area contributed by atoms with Crippen LogP contribution in [0, 0.1) is 6.92 Å². The lowest BCUT2D eigenvalue weighted by molar-refractivity contribution is 0.0697. The summed E-state index contributed by atoms with van der Waals surface area (Å²) in [4.78, 5) is 35.7. The van der Waals surface area contributed by atoms with Gasteiger partial charge < -0.3 is 10.2 Å². The number of aromatic nitrogens is 2. The highest BCUT2D eigenvalue weighted by molar-refractivity contribution is 5.95. The molecule has 0 saturated carbocycles. The second-order valence-electron chi connectivity index (χ2n) is 7.15. The maximum Gasteiger partial charge on any atom is 0.271 e. The van der Waals surface area contributed by atoms with Gasteiger partial charge in [0.1, 0.15) is 5.69 Å². The van der Waals surface area contributed by atoms with Crippen molar-refractivity contribution in [3.05, 3.63) is 71.5 Å². The highest BCUT2D eigenvalue weighted by Gasteiger charge is 2.25. The molecule has 1 saturated heterocycles. The van der Waals surface area contributed by atoms with E-state index in [4.69, 9.17) is 0 Å². The van der Waals surface area contributed by atoms with E-state index in [0.717, 1.165) is 23.9 Å². The number of likely N-dealkylation sites (tertiary alicyclic amines) is 1. The van der Waals surface area contributed by atoms with E-state index in [1.807, 2.05) is 60.4 Å². The Morgan fingerprint density at radius 1 is 1.00 bits per heavy atom. The molecule has 1 aliphatic heterocycles. The number of nitrogens with zero attached hydrogens (tertiary/aromatic N) is 3. The third-order valence-corrected chi connectivity index (χ3v) is 5.10. The summed E-state index contributed by atoms with van der Waals surface area (Å²) in [5.41, 5.74) is 3.63. The molecule has 0 spiro atoms. The predicted octanol–water partition coefficient (Wildman–Crippen LogP) is 2.97. The van der Waals surface area contributed by atoms with Crippen LogP contribution in [0.15, 0.2) is 54.7 Å². The van der Waals surface area contributed by atoms with Gasteiger partial charge in [0.05, 0.1) is 17.2 Å². The average Bonchev–Trinajstić information content (AvgIpc) is 2.74. The molecule has 0 radical (unpaired) electrons. The van der Waals surface area contributed by atoms with Crippen LogP contribution in [0.4, 0.5) is 0 Å². The van der Waals surface area contributed by atoms with Gasteiger partial charge in [-0.1, -0.05) is 29.8 Å². The van der Waals surface area contributed by atoms with Crippen molar-refractivity contribution in [2.45, 2.75) is 25.8 Å². The summed E-state index contributed by atoms with van der Waals surface area (Å²) in [5.74, 6) is -0.174. The minimum Gasteiger partial charge on any atom is -0.348 e. The zero-order chi connectivity index (χ0) is 19.5. The average molecular weight is 374 g/mol. The van der Waals surface area contributed by atoms with E-state index in [-0.39, 0.29) is 17.9 Å². The van der Waals surface area contributed by atoms with E-state index in [0.29, 0.717) is 29.9 Å². The third-order valence-electron chi connectivity index (χ3n) is 5.10. The van der Waals surface area contributed by atoms with E-state index in [1.54, 1.807) is 0 Å². The number of piperidine rings is 1. The molecular weight excluding hydrogens is 352 g/mol. The van der Waals surface area contributed by atoms with Gasteiger partial charge in [-0.3, -0.25) is 14.6 Å². The first-order valence-electron chi connectivity index (χ1n) is 9.49. The zero-order valence-corrected chi connectivity index (χ0v) is 15.8. The Labute approximate surface area is 163 Å². The molecule has 1 aliphatic rings. The molecule has 1 aromatic heterocycles. The van der Waals surface area contributed by atoms with Crippen molar-refractivity contribution >= 4 is 22.8 Å². The van der Waals surface area contributed by atoms with Crippen LogP contribution in [0.1, 0.15) is 39.3 Å². The van der Waals surface area contributed by atoms with Crippen LogP contribution < -0.4 is 5.32 Å². The predicted molar refractivity (Wildman–Crippen MR) is 107 cm³/mol. The number of amides is 2. The van der Waals surface area contributed by atoms with E-state index >= 15 is 0 Å². The molecule has 6 heteroatoms. The second kappa shape index (κ2) is 7.76. The highest BCUT2D eigenvalue weighted by atomic mass is 16.2. The van der Waals surface area contributed by atoms with Crippen molar-refractivity contribution in [2.75, 3.05) is 13.1 Å². The van der Waals surface area contributed by atoms with Crippen molar-refractivity contribution in [1.82, 2.24) is 20.2 Å². The fourth-order valence-corrected chi connectivity index (χ4v) is 3.43. The van der Waals surface area contributed by atoms with Gasteiger partial charge in [-0.15, -0.1) is 0 Å². The normalized spacial score (nSPS) is 14.8. The number of hydrogen-bond donors (Lipinski definition) is 1. The Hall–Kier alpha value is -3.28. The summed E-state index contributed by atoms with van der Waals surface area (Å²) in [7, 11) is 0. The number of carbonyl (C=O) groups excluding carboxylic acids is 2. The Kier molecular flexibility index (Phi) is 5.02. The maximum atomic E-state index is 12.6. The van der Waals surface area contributed by atoms with Gasteiger partial charge in [-0.25, -0.2) is 4.98 Å². The fourth-order valence-electron chi connectivity index (χ4n) is 3.43. The van der Waals surface area contributed by atoms with Crippen LogP contribution in [0.5, 0.6) is 0 Å². The van der Waals surface area contributed by atoms with Gasteiger partial charge >= 0.3 is 0 Å². The van der Waals surface area contributed by atoms with Crippen LogP contribution in [-0.2, 0) is 0 Å². The van der Waals surface area contributed by atoms with Crippen LogP contribution in [0.3, 0.4) is 0 Å². The summed E-state index contributed by atoms with van der Waals surface area (Å²) in [6, 6.07) is 15.1. The molecule has 0 bridgehead atoms. The number of hydrogen-bond acceptors (Lipinski definition) is 4. The number of carbonyl (C=O) groups is 2. The molecule has 0 unspecified atom stereocenters. The molecule has 0 aliphatic carbocycles. The van der Waals surface area contributed by atoms with Crippen LogP contribution in [0.2, 0.25) is 0 Å². The molecule has 142 valence electrons. The largest absolute Gasteiger partial charge is 0.348 e. The molecule has 2 amide bonds. The Morgan fingerprint density at radius 3 is 2.39 bits per heavy atom. The van der Waals surface area contributed by atoms with Crippen molar-refractivity contribution in [3.8, 4) is 0 Å². The van der Waals surface area contributed by atoms with Gasteiger partial charge in [0, 0.05) is 24.7 Å². The van der Waals surface area contributed by atoms with E-state index in [9.17, 15) is 9.59 Å². The smallest absolute Gasteiger partial charge is 0.271 e. The summed E-state index contributed by atoms with van der Waals surface area (Å²) >= 11 is 0. The Balaban J connectivity index is 1.35. The van der Waals surface area contributed by atoms with Gasteiger partial charge in [0.2, 0.25) is 0 Å². The number of benzene rings is 2. The highest BCUT2D eigenvalue weighted by Crippen LogP contribution is 2.15. The fraction of sp³-hybridized carbons (Fsp3) is 0.273. The van der Waals surface area contributed by atoms with Crippen LogP contribution in [-0.4, -0.2) is 45.8 Å². The lowest BCUT2D eigenvalue weighted by Gasteiger charge is -2.32. The topological polar surface area (TPSA) is 75.2 Å². The monoisotopic (exact) mass is 374 g/mol. The quantitative estimate of drug-likeness (QED) is 0.765. The Morgan fingerprint density at radius 2 is 1.68 bits per heavy atom. The number of nitrogens with one attached hydrogen (secondary N) is 1. The van der Waals surface area contributed by atoms with Gasteiger partial charge in [0.25, 0.3) is 11.8 Å². The molecule has 28 heavy (non-hydrogen) atoms. The summed E-state index contributed by atoms with van der Waals surface area (Å²) in [6.45, 7) is 3.25. The summed E-state index contributed by atoms with van der Waals surface area (Å²) < 4.78 is 0. The number of fused-ring (bicyclic) bond motifs is 1. The van der Waals surface area contributed by atoms with E-state index in [1.165, 1.54) is 6.20 Å². The number of para-hydroxylation sites is 2. The number of rotatable bonds is 3. The van der Waals surface area contributed by atoms with Crippen molar-refractivity contribution in [3.63, 3.8) is 0 Å². The number of aryl methyl sites for hydroxylation is 1. The van der Waals surface area contributed by atoms with Crippen molar-refractivity contribution in [2.24, 2.45) is 0 Å². The van der Waals surface area contributed by atoms with Crippen molar-refractivity contribution < 1.29 is 9.59 Å². The van der Waals surface area contributed by atoms with E-state index in [2.05, 4.69) is 15.3 Å². The molecule has 1 N–H and O–H groups in total.